The molecule has 1 aromatic carbocycles. The molecule has 0 saturated heterocycles. The molecule has 2 atom stereocenters. The topological polar surface area (TPSA) is 32.3 Å². The Hall–Kier alpha value is -0.890. The SMILES string of the molecule is CC(C)C1CCCC(Nc2ccc(O)c(Cl)c2)C1. The maximum Gasteiger partial charge on any atom is 0.134 e. The van der Waals surface area contributed by atoms with Crippen molar-refractivity contribution in [2.24, 2.45) is 11.8 Å². The molecule has 0 heterocycles. The van der Waals surface area contributed by atoms with Crippen LogP contribution in [0.3, 0.4) is 0 Å². The maximum absolute atomic E-state index is 9.40. The number of halogens is 1. The molecule has 0 aromatic heterocycles. The van der Waals surface area contributed by atoms with Crippen LogP contribution in [0.2, 0.25) is 5.02 Å². The number of rotatable bonds is 3. The zero-order valence-corrected chi connectivity index (χ0v) is 11.9. The van der Waals surface area contributed by atoms with Gasteiger partial charge in [-0.15, -0.1) is 0 Å². The van der Waals surface area contributed by atoms with Crippen LogP contribution in [0.1, 0.15) is 39.5 Å². The van der Waals surface area contributed by atoms with Gasteiger partial charge in [0.15, 0.2) is 0 Å². The molecule has 100 valence electrons. The Morgan fingerprint density at radius 1 is 1.33 bits per heavy atom. The molecule has 0 amide bonds. The summed E-state index contributed by atoms with van der Waals surface area (Å²) in [5.41, 5.74) is 1.01. The van der Waals surface area contributed by atoms with Crippen molar-refractivity contribution in [3.63, 3.8) is 0 Å². The standard InChI is InChI=1S/C15H22ClNO/c1-10(2)11-4-3-5-12(8-11)17-13-6-7-15(18)14(16)9-13/h6-7,9-12,17-18H,3-5,8H2,1-2H3. The zero-order valence-electron chi connectivity index (χ0n) is 11.1. The van der Waals surface area contributed by atoms with Crippen LogP contribution in [0.25, 0.3) is 0 Å². The molecule has 1 aromatic rings. The van der Waals surface area contributed by atoms with Crippen LogP contribution in [-0.2, 0) is 0 Å². The summed E-state index contributed by atoms with van der Waals surface area (Å²) in [6.45, 7) is 4.62. The second kappa shape index (κ2) is 5.83. The first-order valence-corrected chi connectivity index (χ1v) is 7.19. The normalized spacial score (nSPS) is 24.2. The van der Waals surface area contributed by atoms with Gasteiger partial charge in [-0.05, 0) is 42.9 Å². The number of aromatic hydroxyl groups is 1. The molecule has 0 bridgehead atoms. The Morgan fingerprint density at radius 3 is 2.78 bits per heavy atom. The lowest BCUT2D eigenvalue weighted by Gasteiger charge is -2.32. The Balaban J connectivity index is 1.98. The van der Waals surface area contributed by atoms with Gasteiger partial charge in [0.05, 0.1) is 5.02 Å². The molecule has 2 unspecified atom stereocenters. The van der Waals surface area contributed by atoms with E-state index in [1.165, 1.54) is 25.7 Å². The number of nitrogens with one attached hydrogen (secondary N) is 1. The van der Waals surface area contributed by atoms with Crippen molar-refractivity contribution in [1.29, 1.82) is 0 Å². The molecular weight excluding hydrogens is 246 g/mol. The molecule has 2 rings (SSSR count). The van der Waals surface area contributed by atoms with Crippen molar-refractivity contribution in [2.75, 3.05) is 5.32 Å². The summed E-state index contributed by atoms with van der Waals surface area (Å²) >= 11 is 5.92. The lowest BCUT2D eigenvalue weighted by Crippen LogP contribution is -2.29. The molecule has 2 nitrogen and oxygen atoms in total. The van der Waals surface area contributed by atoms with Gasteiger partial charge in [0, 0.05) is 11.7 Å². The van der Waals surface area contributed by atoms with E-state index >= 15 is 0 Å². The molecule has 1 aliphatic rings. The van der Waals surface area contributed by atoms with E-state index in [0.717, 1.165) is 17.5 Å². The first-order valence-electron chi connectivity index (χ1n) is 6.81. The Morgan fingerprint density at radius 2 is 2.11 bits per heavy atom. The molecule has 3 heteroatoms. The smallest absolute Gasteiger partial charge is 0.134 e. The van der Waals surface area contributed by atoms with Gasteiger partial charge in [-0.25, -0.2) is 0 Å². The molecule has 2 N–H and O–H groups in total. The van der Waals surface area contributed by atoms with Crippen LogP contribution < -0.4 is 5.32 Å². The van der Waals surface area contributed by atoms with E-state index in [9.17, 15) is 5.11 Å². The average molecular weight is 268 g/mol. The summed E-state index contributed by atoms with van der Waals surface area (Å²) in [6, 6.07) is 5.87. The van der Waals surface area contributed by atoms with Crippen molar-refractivity contribution in [2.45, 2.75) is 45.6 Å². The first-order chi connectivity index (χ1) is 8.56. The highest BCUT2D eigenvalue weighted by Gasteiger charge is 2.23. The van der Waals surface area contributed by atoms with E-state index in [4.69, 9.17) is 11.6 Å². The van der Waals surface area contributed by atoms with E-state index in [0.29, 0.717) is 11.1 Å². The monoisotopic (exact) mass is 267 g/mol. The van der Waals surface area contributed by atoms with Gasteiger partial charge in [0.1, 0.15) is 5.75 Å². The van der Waals surface area contributed by atoms with E-state index < -0.39 is 0 Å². The molecule has 1 fully saturated rings. The van der Waals surface area contributed by atoms with Gasteiger partial charge in [-0.3, -0.25) is 0 Å². The summed E-state index contributed by atoms with van der Waals surface area (Å²) in [5.74, 6) is 1.73. The second-order valence-corrected chi connectivity index (χ2v) is 6.09. The predicted molar refractivity (Wildman–Crippen MR) is 77.3 cm³/mol. The van der Waals surface area contributed by atoms with E-state index in [1.807, 2.05) is 6.07 Å². The molecular formula is C15H22ClNO. The summed E-state index contributed by atoms with van der Waals surface area (Å²) in [7, 11) is 0. The molecule has 0 spiro atoms. The third-order valence-electron chi connectivity index (χ3n) is 3.98. The van der Waals surface area contributed by atoms with Gasteiger partial charge in [-0.2, -0.15) is 0 Å². The highest BCUT2D eigenvalue weighted by molar-refractivity contribution is 6.32. The van der Waals surface area contributed by atoms with E-state index in [-0.39, 0.29) is 5.75 Å². The van der Waals surface area contributed by atoms with Crippen molar-refractivity contribution >= 4 is 17.3 Å². The van der Waals surface area contributed by atoms with Gasteiger partial charge >= 0.3 is 0 Å². The highest BCUT2D eigenvalue weighted by Crippen LogP contribution is 2.33. The molecule has 0 aliphatic heterocycles. The number of hydrogen-bond acceptors (Lipinski definition) is 2. The Labute approximate surface area is 114 Å². The summed E-state index contributed by atoms with van der Waals surface area (Å²) in [4.78, 5) is 0. The first kappa shape index (κ1) is 13.5. The lowest BCUT2D eigenvalue weighted by atomic mass is 9.79. The third-order valence-corrected chi connectivity index (χ3v) is 4.28. The Kier molecular flexibility index (Phi) is 4.39. The predicted octanol–water partition coefficient (Wildman–Crippen LogP) is 4.67. The van der Waals surface area contributed by atoms with Crippen LogP contribution >= 0.6 is 11.6 Å². The second-order valence-electron chi connectivity index (χ2n) is 5.68. The van der Waals surface area contributed by atoms with Gasteiger partial charge < -0.3 is 10.4 Å². The third kappa shape index (κ3) is 3.32. The van der Waals surface area contributed by atoms with Gasteiger partial charge in [-0.1, -0.05) is 38.3 Å². The summed E-state index contributed by atoms with van der Waals surface area (Å²) < 4.78 is 0. The minimum Gasteiger partial charge on any atom is -0.506 e. The molecule has 18 heavy (non-hydrogen) atoms. The number of phenolic OH excluding ortho intramolecular Hbond substituents is 1. The zero-order chi connectivity index (χ0) is 13.1. The Bertz CT molecular complexity index is 405. The largest absolute Gasteiger partial charge is 0.506 e. The minimum absolute atomic E-state index is 0.144. The van der Waals surface area contributed by atoms with Crippen molar-refractivity contribution in [1.82, 2.24) is 0 Å². The van der Waals surface area contributed by atoms with Gasteiger partial charge in [0.2, 0.25) is 0 Å². The van der Waals surface area contributed by atoms with Crippen LogP contribution in [0.15, 0.2) is 18.2 Å². The number of phenols is 1. The van der Waals surface area contributed by atoms with Crippen LogP contribution in [0.4, 0.5) is 5.69 Å². The summed E-state index contributed by atoms with van der Waals surface area (Å²) in [5, 5.41) is 13.4. The lowest BCUT2D eigenvalue weighted by molar-refractivity contribution is 0.264. The minimum atomic E-state index is 0.144. The molecule has 1 saturated carbocycles. The molecule has 1 aliphatic carbocycles. The fourth-order valence-corrected chi connectivity index (χ4v) is 2.98. The van der Waals surface area contributed by atoms with Crippen molar-refractivity contribution in [3.05, 3.63) is 23.2 Å². The maximum atomic E-state index is 9.40. The fraction of sp³-hybridized carbons (Fsp3) is 0.600. The number of anilines is 1. The van der Waals surface area contributed by atoms with E-state index in [2.05, 4.69) is 19.2 Å². The van der Waals surface area contributed by atoms with Crippen LogP contribution in [0.5, 0.6) is 5.75 Å². The number of hydrogen-bond donors (Lipinski definition) is 2. The van der Waals surface area contributed by atoms with Crippen LogP contribution in [0, 0.1) is 11.8 Å². The van der Waals surface area contributed by atoms with Gasteiger partial charge in [0.25, 0.3) is 0 Å². The quantitative estimate of drug-likeness (QED) is 0.780. The molecule has 0 radical (unpaired) electrons. The highest BCUT2D eigenvalue weighted by atomic mass is 35.5. The summed E-state index contributed by atoms with van der Waals surface area (Å²) in [6.07, 6.45) is 5.11. The fourth-order valence-electron chi connectivity index (χ4n) is 2.80. The average Bonchev–Trinajstić information content (AvgIpc) is 2.34. The van der Waals surface area contributed by atoms with Crippen molar-refractivity contribution < 1.29 is 5.11 Å². The van der Waals surface area contributed by atoms with Crippen molar-refractivity contribution in [3.8, 4) is 5.75 Å². The number of benzene rings is 1. The van der Waals surface area contributed by atoms with Crippen LogP contribution in [-0.4, -0.2) is 11.1 Å². The van der Waals surface area contributed by atoms with E-state index in [1.54, 1.807) is 12.1 Å².